The minimum absolute atomic E-state index is 0.0678. The molecule has 0 saturated heterocycles. The average Bonchev–Trinajstić information content (AvgIpc) is 2.74. The fraction of sp³-hybridized carbons (Fsp3) is 0.667. The average molecular weight is 241 g/mol. The number of aliphatic hydroxyl groups excluding tert-OH is 1. The molecule has 1 atom stereocenters. The topological polar surface area (TPSA) is 89.3 Å². The molecule has 6 nitrogen and oxygen atoms in total. The molecule has 0 radical (unpaired) electrons. The third-order valence-corrected chi connectivity index (χ3v) is 3.34. The smallest absolute Gasteiger partial charge is 0.234 e. The lowest BCUT2D eigenvalue weighted by atomic mass is 10.2. The zero-order valence-electron chi connectivity index (χ0n) is 9.29. The van der Waals surface area contributed by atoms with Gasteiger partial charge in [-0.2, -0.15) is 9.61 Å². The van der Waals surface area contributed by atoms with E-state index in [1.807, 2.05) is 13.8 Å². The van der Waals surface area contributed by atoms with Gasteiger partial charge in [-0.25, -0.2) is 0 Å². The van der Waals surface area contributed by atoms with Gasteiger partial charge in [0.2, 0.25) is 4.96 Å². The van der Waals surface area contributed by atoms with Crippen LogP contribution >= 0.6 is 11.3 Å². The zero-order chi connectivity index (χ0) is 11.7. The van der Waals surface area contributed by atoms with E-state index in [-0.39, 0.29) is 18.6 Å². The van der Waals surface area contributed by atoms with Crippen molar-refractivity contribution in [3.8, 4) is 0 Å². The molecule has 0 amide bonds. The molecule has 3 N–H and O–H groups in total. The Morgan fingerprint density at radius 2 is 2.19 bits per heavy atom. The maximum Gasteiger partial charge on any atom is 0.234 e. The first-order valence-corrected chi connectivity index (χ1v) is 6.03. The van der Waals surface area contributed by atoms with E-state index in [0.717, 1.165) is 15.8 Å². The Balaban J connectivity index is 2.37. The summed E-state index contributed by atoms with van der Waals surface area (Å²) in [5.74, 6) is 1.12. The summed E-state index contributed by atoms with van der Waals surface area (Å²) >= 11 is 1.43. The van der Waals surface area contributed by atoms with Gasteiger partial charge in [0, 0.05) is 12.5 Å². The summed E-state index contributed by atoms with van der Waals surface area (Å²) in [6.07, 6.45) is 0.515. The van der Waals surface area contributed by atoms with Gasteiger partial charge in [0.05, 0.1) is 6.04 Å². The van der Waals surface area contributed by atoms with Crippen molar-refractivity contribution in [1.29, 1.82) is 0 Å². The first-order valence-electron chi connectivity index (χ1n) is 5.22. The second-order valence-corrected chi connectivity index (χ2v) is 4.95. The highest BCUT2D eigenvalue weighted by Crippen LogP contribution is 2.23. The lowest BCUT2D eigenvalue weighted by molar-refractivity contribution is 0.276. The van der Waals surface area contributed by atoms with Crippen LogP contribution in [0.1, 0.15) is 43.1 Å². The number of aromatic nitrogens is 4. The molecule has 2 rings (SSSR count). The van der Waals surface area contributed by atoms with Crippen LogP contribution in [0.2, 0.25) is 0 Å². The van der Waals surface area contributed by atoms with E-state index in [0.29, 0.717) is 6.42 Å². The lowest BCUT2D eigenvalue weighted by Crippen LogP contribution is -2.12. The fourth-order valence-corrected chi connectivity index (χ4v) is 2.30. The molecule has 2 aromatic heterocycles. The third kappa shape index (κ3) is 1.93. The number of hydrogen-bond donors (Lipinski definition) is 2. The number of rotatable bonds is 4. The second-order valence-electron chi connectivity index (χ2n) is 3.97. The van der Waals surface area contributed by atoms with E-state index in [2.05, 4.69) is 15.3 Å². The summed E-state index contributed by atoms with van der Waals surface area (Å²) in [4.78, 5) is 0.757. The van der Waals surface area contributed by atoms with E-state index in [9.17, 15) is 0 Å². The van der Waals surface area contributed by atoms with E-state index in [1.54, 1.807) is 4.52 Å². The normalized spacial score (nSPS) is 13.8. The molecular formula is C9H15N5OS. The van der Waals surface area contributed by atoms with Gasteiger partial charge in [0.1, 0.15) is 5.01 Å². The highest BCUT2D eigenvalue weighted by Gasteiger charge is 2.17. The predicted octanol–water partition coefficient (Wildman–Crippen LogP) is 0.691. The number of hydrogen-bond acceptors (Lipinski definition) is 6. The molecule has 16 heavy (non-hydrogen) atoms. The van der Waals surface area contributed by atoms with Crippen molar-refractivity contribution in [2.24, 2.45) is 5.73 Å². The van der Waals surface area contributed by atoms with Crippen molar-refractivity contribution >= 4 is 16.3 Å². The largest absolute Gasteiger partial charge is 0.396 e. The van der Waals surface area contributed by atoms with Crippen molar-refractivity contribution in [1.82, 2.24) is 19.8 Å². The molecule has 1 unspecified atom stereocenters. The van der Waals surface area contributed by atoms with E-state index < -0.39 is 0 Å². The SMILES string of the molecule is CC(C)c1nnc2sc(C(N)CCO)nn12. The monoisotopic (exact) mass is 241 g/mol. The van der Waals surface area contributed by atoms with Crippen molar-refractivity contribution in [3.05, 3.63) is 10.8 Å². The van der Waals surface area contributed by atoms with Gasteiger partial charge in [-0.3, -0.25) is 0 Å². The van der Waals surface area contributed by atoms with Crippen LogP contribution in [0.15, 0.2) is 0 Å². The quantitative estimate of drug-likeness (QED) is 0.822. The van der Waals surface area contributed by atoms with Crippen LogP contribution in [0.3, 0.4) is 0 Å². The Hall–Kier alpha value is -1.05. The molecule has 0 saturated carbocycles. The molecule has 0 aliphatic carbocycles. The van der Waals surface area contributed by atoms with Crippen LogP contribution in [-0.4, -0.2) is 31.5 Å². The number of nitrogens with two attached hydrogens (primary N) is 1. The molecule has 0 fully saturated rings. The van der Waals surface area contributed by atoms with Crippen molar-refractivity contribution in [2.75, 3.05) is 6.61 Å². The molecule has 0 aliphatic rings. The van der Waals surface area contributed by atoms with Gasteiger partial charge in [0.15, 0.2) is 5.82 Å². The van der Waals surface area contributed by atoms with Crippen molar-refractivity contribution < 1.29 is 5.11 Å². The Bertz CT molecular complexity index is 477. The molecule has 0 aromatic carbocycles. The Kier molecular flexibility index (Phi) is 3.17. The van der Waals surface area contributed by atoms with Gasteiger partial charge in [0.25, 0.3) is 0 Å². The molecule has 2 aromatic rings. The van der Waals surface area contributed by atoms with Gasteiger partial charge in [-0.05, 0) is 6.42 Å². The lowest BCUT2D eigenvalue weighted by Gasteiger charge is -2.04. The van der Waals surface area contributed by atoms with Gasteiger partial charge >= 0.3 is 0 Å². The minimum Gasteiger partial charge on any atom is -0.396 e. The van der Waals surface area contributed by atoms with Crippen LogP contribution in [0.4, 0.5) is 0 Å². The molecule has 7 heteroatoms. The Morgan fingerprint density at radius 1 is 1.44 bits per heavy atom. The number of aliphatic hydroxyl groups is 1. The van der Waals surface area contributed by atoms with Crippen LogP contribution in [-0.2, 0) is 0 Å². The van der Waals surface area contributed by atoms with E-state index in [4.69, 9.17) is 10.8 Å². The first-order chi connectivity index (χ1) is 7.63. The zero-order valence-corrected chi connectivity index (χ0v) is 10.1. The first kappa shape index (κ1) is 11.4. The Labute approximate surface area is 97.1 Å². The molecule has 0 spiro atoms. The highest BCUT2D eigenvalue weighted by atomic mass is 32.1. The summed E-state index contributed by atoms with van der Waals surface area (Å²) in [5, 5.41) is 22.1. The molecule has 88 valence electrons. The second kappa shape index (κ2) is 4.44. The third-order valence-electron chi connectivity index (χ3n) is 2.30. The fourth-order valence-electron chi connectivity index (χ4n) is 1.42. The van der Waals surface area contributed by atoms with Crippen molar-refractivity contribution in [3.63, 3.8) is 0 Å². The maximum atomic E-state index is 8.83. The van der Waals surface area contributed by atoms with Crippen LogP contribution in [0.5, 0.6) is 0 Å². The Morgan fingerprint density at radius 3 is 2.81 bits per heavy atom. The van der Waals surface area contributed by atoms with E-state index in [1.165, 1.54) is 11.3 Å². The van der Waals surface area contributed by atoms with E-state index >= 15 is 0 Å². The van der Waals surface area contributed by atoms with Crippen LogP contribution in [0.25, 0.3) is 4.96 Å². The summed E-state index contributed by atoms with van der Waals surface area (Å²) in [7, 11) is 0. The van der Waals surface area contributed by atoms with Crippen LogP contribution in [0, 0.1) is 0 Å². The van der Waals surface area contributed by atoms with Gasteiger partial charge < -0.3 is 10.8 Å². The summed E-state index contributed by atoms with van der Waals surface area (Å²) in [6, 6.07) is -0.225. The summed E-state index contributed by atoms with van der Waals surface area (Å²) in [5.41, 5.74) is 5.88. The standard InChI is InChI=1S/C9H15N5OS/c1-5(2)7-11-12-9-14(7)13-8(16-9)6(10)3-4-15/h5-6,15H,3-4,10H2,1-2H3. The minimum atomic E-state index is -0.225. The number of nitrogens with zero attached hydrogens (tertiary/aromatic N) is 4. The molecular weight excluding hydrogens is 226 g/mol. The van der Waals surface area contributed by atoms with Crippen molar-refractivity contribution in [2.45, 2.75) is 32.2 Å². The van der Waals surface area contributed by atoms with Crippen LogP contribution < -0.4 is 5.73 Å². The maximum absolute atomic E-state index is 8.83. The summed E-state index contributed by atoms with van der Waals surface area (Å²) in [6.45, 7) is 4.16. The number of fused-ring (bicyclic) bond motifs is 1. The molecule has 0 bridgehead atoms. The predicted molar refractivity (Wildman–Crippen MR) is 61.4 cm³/mol. The highest BCUT2D eigenvalue weighted by molar-refractivity contribution is 7.16. The summed E-state index contributed by atoms with van der Waals surface area (Å²) < 4.78 is 1.74. The molecule has 2 heterocycles. The van der Waals surface area contributed by atoms with Gasteiger partial charge in [-0.15, -0.1) is 10.2 Å². The molecule has 0 aliphatic heterocycles. The van der Waals surface area contributed by atoms with Gasteiger partial charge in [-0.1, -0.05) is 25.2 Å².